The van der Waals surface area contributed by atoms with E-state index in [0.717, 1.165) is 63.6 Å². The zero-order valence-electron chi connectivity index (χ0n) is 16.8. The summed E-state index contributed by atoms with van der Waals surface area (Å²) in [5, 5.41) is 9.34. The standard InChI is InChI=1S/C21H26N6O2/c1-29-16-4-5-17-18(11-16)22-14-26(21(17)28)12-15-6-9-25(10-7-15)13-20-24-23-19-3-2-8-27(19)20/h4-5,11,14-15H,2-3,6-10,12-13H2,1H3. The van der Waals surface area contributed by atoms with Crippen LogP contribution < -0.4 is 10.3 Å². The summed E-state index contributed by atoms with van der Waals surface area (Å²) in [6.07, 6.45) is 6.07. The van der Waals surface area contributed by atoms with Gasteiger partial charge in [0.15, 0.2) is 0 Å². The number of aryl methyl sites for hydroxylation is 1. The minimum Gasteiger partial charge on any atom is -0.497 e. The lowest BCUT2D eigenvalue weighted by Gasteiger charge is -2.31. The molecular formula is C21H26N6O2. The third kappa shape index (κ3) is 3.53. The third-order valence-electron chi connectivity index (χ3n) is 6.25. The van der Waals surface area contributed by atoms with Crippen LogP contribution in [0.15, 0.2) is 29.3 Å². The summed E-state index contributed by atoms with van der Waals surface area (Å²) in [6, 6.07) is 5.43. The Morgan fingerprint density at radius 2 is 2.03 bits per heavy atom. The fourth-order valence-corrected chi connectivity index (χ4v) is 4.53. The molecule has 8 nitrogen and oxygen atoms in total. The van der Waals surface area contributed by atoms with Crippen LogP contribution in [-0.2, 0) is 26.1 Å². The van der Waals surface area contributed by atoms with E-state index < -0.39 is 0 Å². The molecule has 0 unspecified atom stereocenters. The van der Waals surface area contributed by atoms with Gasteiger partial charge >= 0.3 is 0 Å². The molecule has 3 aromatic rings. The molecule has 1 fully saturated rings. The van der Waals surface area contributed by atoms with Crippen molar-refractivity contribution in [1.82, 2.24) is 29.2 Å². The average molecular weight is 394 g/mol. The van der Waals surface area contributed by atoms with Crippen molar-refractivity contribution in [3.05, 3.63) is 46.5 Å². The number of nitrogens with zero attached hydrogens (tertiary/aromatic N) is 6. The fraction of sp³-hybridized carbons (Fsp3) is 0.524. The Kier molecular flexibility index (Phi) is 4.79. The molecule has 152 valence electrons. The van der Waals surface area contributed by atoms with Gasteiger partial charge in [-0.2, -0.15) is 0 Å². The molecule has 2 aliphatic rings. The molecule has 1 saturated heterocycles. The van der Waals surface area contributed by atoms with Gasteiger partial charge in [0.25, 0.3) is 5.56 Å². The van der Waals surface area contributed by atoms with Crippen LogP contribution in [0.25, 0.3) is 10.9 Å². The number of fused-ring (bicyclic) bond motifs is 2. The highest BCUT2D eigenvalue weighted by Gasteiger charge is 2.24. The lowest BCUT2D eigenvalue weighted by Crippen LogP contribution is -2.36. The summed E-state index contributed by atoms with van der Waals surface area (Å²) in [5.41, 5.74) is 0.709. The van der Waals surface area contributed by atoms with Gasteiger partial charge in [-0.25, -0.2) is 4.98 Å². The average Bonchev–Trinajstić information content (AvgIpc) is 3.36. The monoisotopic (exact) mass is 394 g/mol. The zero-order chi connectivity index (χ0) is 19.8. The number of benzene rings is 1. The molecule has 0 spiro atoms. The van der Waals surface area contributed by atoms with E-state index >= 15 is 0 Å². The van der Waals surface area contributed by atoms with E-state index in [4.69, 9.17) is 4.74 Å². The molecule has 0 saturated carbocycles. The summed E-state index contributed by atoms with van der Waals surface area (Å²) in [5.74, 6) is 3.44. The molecule has 0 N–H and O–H groups in total. The van der Waals surface area contributed by atoms with E-state index in [1.807, 2.05) is 6.07 Å². The van der Waals surface area contributed by atoms with Gasteiger partial charge < -0.3 is 9.30 Å². The van der Waals surface area contributed by atoms with Gasteiger partial charge in [-0.05, 0) is 50.4 Å². The van der Waals surface area contributed by atoms with Gasteiger partial charge in [-0.15, -0.1) is 10.2 Å². The zero-order valence-corrected chi connectivity index (χ0v) is 16.8. The van der Waals surface area contributed by atoms with E-state index in [2.05, 4.69) is 24.6 Å². The van der Waals surface area contributed by atoms with Crippen molar-refractivity contribution in [2.75, 3.05) is 20.2 Å². The number of rotatable bonds is 5. The van der Waals surface area contributed by atoms with Crippen LogP contribution in [-0.4, -0.2) is 49.4 Å². The summed E-state index contributed by atoms with van der Waals surface area (Å²) in [7, 11) is 1.62. The molecule has 5 rings (SSSR count). The summed E-state index contributed by atoms with van der Waals surface area (Å²) in [6.45, 7) is 4.71. The predicted molar refractivity (Wildman–Crippen MR) is 109 cm³/mol. The lowest BCUT2D eigenvalue weighted by molar-refractivity contribution is 0.161. The van der Waals surface area contributed by atoms with Crippen LogP contribution >= 0.6 is 0 Å². The Bertz CT molecular complexity index is 1080. The molecular weight excluding hydrogens is 368 g/mol. The topological polar surface area (TPSA) is 78.1 Å². The number of methoxy groups -OCH3 is 1. The summed E-state index contributed by atoms with van der Waals surface area (Å²) >= 11 is 0. The van der Waals surface area contributed by atoms with Crippen molar-refractivity contribution >= 4 is 10.9 Å². The number of hydrogen-bond acceptors (Lipinski definition) is 6. The normalized spacial score (nSPS) is 17.7. The minimum atomic E-state index is 0.0269. The highest BCUT2D eigenvalue weighted by atomic mass is 16.5. The second kappa shape index (κ2) is 7.59. The maximum absolute atomic E-state index is 12.8. The number of ether oxygens (including phenoxy) is 1. The molecule has 1 aromatic carbocycles. The van der Waals surface area contributed by atoms with Crippen LogP contribution in [0.2, 0.25) is 0 Å². The maximum Gasteiger partial charge on any atom is 0.261 e. The number of likely N-dealkylation sites (tertiary alicyclic amines) is 1. The summed E-state index contributed by atoms with van der Waals surface area (Å²) in [4.78, 5) is 19.8. The first-order valence-electron chi connectivity index (χ1n) is 10.4. The van der Waals surface area contributed by atoms with Crippen molar-refractivity contribution in [3.8, 4) is 5.75 Å². The van der Waals surface area contributed by atoms with Gasteiger partial charge in [0, 0.05) is 25.6 Å². The van der Waals surface area contributed by atoms with Gasteiger partial charge in [0.2, 0.25) is 0 Å². The molecule has 0 atom stereocenters. The molecule has 2 aromatic heterocycles. The van der Waals surface area contributed by atoms with Crippen LogP contribution in [0.3, 0.4) is 0 Å². The smallest absolute Gasteiger partial charge is 0.261 e. The van der Waals surface area contributed by atoms with Gasteiger partial charge in [0.05, 0.1) is 30.9 Å². The van der Waals surface area contributed by atoms with Gasteiger partial charge in [0.1, 0.15) is 17.4 Å². The van der Waals surface area contributed by atoms with Crippen molar-refractivity contribution < 1.29 is 4.74 Å². The quantitative estimate of drug-likeness (QED) is 0.657. The SMILES string of the molecule is COc1ccc2c(=O)n(CC3CCN(Cc4nnc5n4CCC5)CC3)cnc2c1. The van der Waals surface area contributed by atoms with Crippen molar-refractivity contribution in [2.45, 2.75) is 45.3 Å². The first-order valence-corrected chi connectivity index (χ1v) is 10.4. The Morgan fingerprint density at radius 1 is 1.17 bits per heavy atom. The van der Waals surface area contributed by atoms with Crippen LogP contribution in [0.5, 0.6) is 5.75 Å². The van der Waals surface area contributed by atoms with E-state index in [-0.39, 0.29) is 5.56 Å². The second-order valence-electron chi connectivity index (χ2n) is 8.09. The highest BCUT2D eigenvalue weighted by molar-refractivity contribution is 5.78. The van der Waals surface area contributed by atoms with Crippen molar-refractivity contribution in [3.63, 3.8) is 0 Å². The predicted octanol–water partition coefficient (Wildman–Crippen LogP) is 1.85. The molecule has 8 heteroatoms. The van der Waals surface area contributed by atoms with Crippen molar-refractivity contribution in [2.24, 2.45) is 5.92 Å². The number of piperidine rings is 1. The minimum absolute atomic E-state index is 0.0269. The molecule has 2 aliphatic heterocycles. The second-order valence-corrected chi connectivity index (χ2v) is 8.09. The maximum atomic E-state index is 12.8. The van der Waals surface area contributed by atoms with E-state index in [1.54, 1.807) is 30.1 Å². The Labute approximate surface area is 169 Å². The van der Waals surface area contributed by atoms with Crippen LogP contribution in [0, 0.1) is 5.92 Å². The van der Waals surface area contributed by atoms with E-state index in [1.165, 1.54) is 6.42 Å². The van der Waals surface area contributed by atoms with Crippen LogP contribution in [0.1, 0.15) is 30.9 Å². The summed E-state index contributed by atoms with van der Waals surface area (Å²) < 4.78 is 9.27. The molecule has 4 heterocycles. The molecule has 29 heavy (non-hydrogen) atoms. The molecule has 0 amide bonds. The molecule has 0 bridgehead atoms. The lowest BCUT2D eigenvalue weighted by atomic mass is 9.96. The third-order valence-corrected chi connectivity index (χ3v) is 6.25. The fourth-order valence-electron chi connectivity index (χ4n) is 4.53. The highest BCUT2D eigenvalue weighted by Crippen LogP contribution is 2.22. The molecule has 0 radical (unpaired) electrons. The first-order chi connectivity index (χ1) is 14.2. The largest absolute Gasteiger partial charge is 0.497 e. The van der Waals surface area contributed by atoms with Crippen LogP contribution in [0.4, 0.5) is 0 Å². The number of hydrogen-bond donors (Lipinski definition) is 0. The van der Waals surface area contributed by atoms with Gasteiger partial charge in [-0.1, -0.05) is 0 Å². The first kappa shape index (κ1) is 18.3. The molecule has 0 aliphatic carbocycles. The van der Waals surface area contributed by atoms with Gasteiger partial charge in [-0.3, -0.25) is 14.3 Å². The van der Waals surface area contributed by atoms with E-state index in [9.17, 15) is 4.79 Å². The Morgan fingerprint density at radius 3 is 2.86 bits per heavy atom. The Balaban J connectivity index is 1.22. The number of aromatic nitrogens is 5. The van der Waals surface area contributed by atoms with E-state index in [0.29, 0.717) is 22.6 Å². The Hall–Kier alpha value is -2.74. The van der Waals surface area contributed by atoms with Crippen molar-refractivity contribution in [1.29, 1.82) is 0 Å².